The second-order valence-electron chi connectivity index (χ2n) is 8.45. The number of nitrogens with one attached hydrogen (secondary N) is 3. The van der Waals surface area contributed by atoms with Gasteiger partial charge in [-0.1, -0.05) is 20.8 Å². The number of aromatic amines is 1. The van der Waals surface area contributed by atoms with Crippen molar-refractivity contribution >= 4 is 17.5 Å². The number of benzene rings is 1. The molecular formula is C23H24FN7O2. The molecule has 4 rings (SSSR count). The SMILES string of the molecule is Cn1nc(C(C)(C)C)cc1NC(=O)Nc1cc(Oc2ccnc(-c3cc[nH]n3)c2)ccc1F. The number of aryl methyl sites for hydroxylation is 1. The number of H-pyrrole nitrogens is 1. The summed E-state index contributed by atoms with van der Waals surface area (Å²) in [6.45, 7) is 6.09. The summed E-state index contributed by atoms with van der Waals surface area (Å²) in [6, 6.07) is 10.5. The highest BCUT2D eigenvalue weighted by Gasteiger charge is 2.20. The average Bonchev–Trinajstić information content (AvgIpc) is 3.41. The zero-order valence-corrected chi connectivity index (χ0v) is 18.7. The van der Waals surface area contributed by atoms with Crippen LogP contribution in [0.15, 0.2) is 54.9 Å². The molecule has 0 aliphatic heterocycles. The van der Waals surface area contributed by atoms with Crippen LogP contribution in [0.4, 0.5) is 20.7 Å². The molecule has 9 nitrogen and oxygen atoms in total. The van der Waals surface area contributed by atoms with Crippen molar-refractivity contribution in [3.05, 3.63) is 66.4 Å². The fraction of sp³-hybridized carbons (Fsp3) is 0.217. The van der Waals surface area contributed by atoms with E-state index in [4.69, 9.17) is 4.74 Å². The summed E-state index contributed by atoms with van der Waals surface area (Å²) in [6.07, 6.45) is 3.29. The van der Waals surface area contributed by atoms with Gasteiger partial charge in [0.15, 0.2) is 0 Å². The minimum atomic E-state index is -0.598. The minimum absolute atomic E-state index is 0.0233. The van der Waals surface area contributed by atoms with E-state index in [1.807, 2.05) is 20.8 Å². The topological polar surface area (TPSA) is 110 Å². The Morgan fingerprint density at radius 2 is 1.85 bits per heavy atom. The molecule has 170 valence electrons. The fourth-order valence-corrected chi connectivity index (χ4v) is 3.04. The first-order valence-electron chi connectivity index (χ1n) is 10.3. The molecule has 0 saturated carbocycles. The molecular weight excluding hydrogens is 425 g/mol. The van der Waals surface area contributed by atoms with Gasteiger partial charge in [-0.2, -0.15) is 10.2 Å². The van der Waals surface area contributed by atoms with Gasteiger partial charge in [0, 0.05) is 43.1 Å². The summed E-state index contributed by atoms with van der Waals surface area (Å²) >= 11 is 0. The number of amides is 2. The van der Waals surface area contributed by atoms with Crippen LogP contribution in [0.1, 0.15) is 26.5 Å². The highest BCUT2D eigenvalue weighted by atomic mass is 19.1. The maximum Gasteiger partial charge on any atom is 0.324 e. The van der Waals surface area contributed by atoms with Gasteiger partial charge in [0.1, 0.15) is 28.8 Å². The molecule has 0 atom stereocenters. The number of hydrogen-bond donors (Lipinski definition) is 3. The fourth-order valence-electron chi connectivity index (χ4n) is 3.04. The molecule has 0 aliphatic rings. The van der Waals surface area contributed by atoms with Crippen molar-refractivity contribution in [1.82, 2.24) is 25.0 Å². The molecule has 0 spiro atoms. The third-order valence-corrected chi connectivity index (χ3v) is 4.81. The lowest BCUT2D eigenvalue weighted by molar-refractivity contribution is 0.262. The molecule has 0 unspecified atom stereocenters. The molecule has 3 aromatic heterocycles. The van der Waals surface area contributed by atoms with Crippen molar-refractivity contribution in [1.29, 1.82) is 0 Å². The van der Waals surface area contributed by atoms with Gasteiger partial charge in [0.2, 0.25) is 0 Å². The number of aromatic nitrogens is 5. The van der Waals surface area contributed by atoms with E-state index in [1.54, 1.807) is 48.4 Å². The number of ether oxygens (including phenoxy) is 1. The Morgan fingerprint density at radius 1 is 1.06 bits per heavy atom. The Balaban J connectivity index is 1.47. The summed E-state index contributed by atoms with van der Waals surface area (Å²) < 4.78 is 21.8. The molecule has 0 aliphatic carbocycles. The zero-order valence-electron chi connectivity index (χ0n) is 18.7. The largest absolute Gasteiger partial charge is 0.457 e. The van der Waals surface area contributed by atoms with Crippen molar-refractivity contribution in [2.45, 2.75) is 26.2 Å². The van der Waals surface area contributed by atoms with E-state index in [1.165, 1.54) is 18.2 Å². The molecule has 0 bridgehead atoms. The standard InChI is InChI=1S/C23H24FN7O2/c1-23(2,3)20-13-21(31(4)30-20)28-22(32)27-18-11-14(5-6-16(18)24)33-15-7-9-25-19(12-15)17-8-10-26-29-17/h5-13H,1-4H3,(H,26,29)(H2,27,28,32). The van der Waals surface area contributed by atoms with Crippen molar-refractivity contribution in [2.24, 2.45) is 7.05 Å². The van der Waals surface area contributed by atoms with Gasteiger partial charge in [0.05, 0.1) is 17.1 Å². The maximum atomic E-state index is 14.4. The number of pyridine rings is 1. The van der Waals surface area contributed by atoms with Crippen LogP contribution in [-0.4, -0.2) is 31.0 Å². The van der Waals surface area contributed by atoms with Crippen molar-refractivity contribution in [2.75, 3.05) is 10.6 Å². The molecule has 33 heavy (non-hydrogen) atoms. The number of rotatable bonds is 5. The number of anilines is 2. The van der Waals surface area contributed by atoms with Gasteiger partial charge in [0.25, 0.3) is 0 Å². The van der Waals surface area contributed by atoms with Crippen LogP contribution < -0.4 is 15.4 Å². The number of halogens is 1. The Labute approximate surface area is 190 Å². The molecule has 0 radical (unpaired) electrons. The summed E-state index contributed by atoms with van der Waals surface area (Å²) in [5, 5.41) is 16.5. The summed E-state index contributed by atoms with van der Waals surface area (Å²) in [5.74, 6) is 0.744. The van der Waals surface area contributed by atoms with E-state index in [0.717, 1.165) is 5.69 Å². The highest BCUT2D eigenvalue weighted by Crippen LogP contribution is 2.28. The second kappa shape index (κ2) is 8.73. The molecule has 3 heterocycles. The normalized spacial score (nSPS) is 11.3. The lowest BCUT2D eigenvalue weighted by atomic mass is 9.92. The molecule has 1 aromatic carbocycles. The van der Waals surface area contributed by atoms with Crippen molar-refractivity contribution in [3.8, 4) is 22.9 Å². The summed E-state index contributed by atoms with van der Waals surface area (Å²) in [4.78, 5) is 16.8. The van der Waals surface area contributed by atoms with Crippen LogP contribution in [0, 0.1) is 5.82 Å². The van der Waals surface area contributed by atoms with Crippen LogP contribution in [-0.2, 0) is 12.5 Å². The van der Waals surface area contributed by atoms with Crippen LogP contribution in [0.5, 0.6) is 11.5 Å². The van der Waals surface area contributed by atoms with E-state index in [2.05, 4.69) is 30.9 Å². The van der Waals surface area contributed by atoms with Gasteiger partial charge >= 0.3 is 6.03 Å². The van der Waals surface area contributed by atoms with Crippen LogP contribution in [0.3, 0.4) is 0 Å². The number of carbonyl (C=O) groups excluding carboxylic acids is 1. The summed E-state index contributed by atoms with van der Waals surface area (Å²) in [7, 11) is 1.73. The smallest absolute Gasteiger partial charge is 0.324 e. The van der Waals surface area contributed by atoms with Gasteiger partial charge in [-0.05, 0) is 24.3 Å². The predicted molar refractivity (Wildman–Crippen MR) is 123 cm³/mol. The third-order valence-electron chi connectivity index (χ3n) is 4.81. The molecule has 4 aromatic rings. The first-order chi connectivity index (χ1) is 15.7. The Kier molecular flexibility index (Phi) is 5.82. The molecule has 10 heteroatoms. The molecule has 3 N–H and O–H groups in total. The predicted octanol–water partition coefficient (Wildman–Crippen LogP) is 5.08. The molecule has 2 amide bonds. The van der Waals surface area contributed by atoms with Gasteiger partial charge in [-0.25, -0.2) is 9.18 Å². The Morgan fingerprint density at radius 3 is 2.55 bits per heavy atom. The van der Waals surface area contributed by atoms with E-state index < -0.39 is 11.8 Å². The van der Waals surface area contributed by atoms with Crippen molar-refractivity contribution in [3.63, 3.8) is 0 Å². The van der Waals surface area contributed by atoms with E-state index >= 15 is 0 Å². The van der Waals surface area contributed by atoms with E-state index in [-0.39, 0.29) is 11.1 Å². The zero-order chi connectivity index (χ0) is 23.6. The highest BCUT2D eigenvalue weighted by molar-refractivity contribution is 5.99. The quantitative estimate of drug-likeness (QED) is 0.394. The number of carbonyl (C=O) groups is 1. The number of urea groups is 1. The van der Waals surface area contributed by atoms with Crippen LogP contribution in [0.2, 0.25) is 0 Å². The first-order valence-corrected chi connectivity index (χ1v) is 10.3. The third kappa shape index (κ3) is 5.17. The lowest BCUT2D eigenvalue weighted by Crippen LogP contribution is -2.21. The van der Waals surface area contributed by atoms with Crippen LogP contribution >= 0.6 is 0 Å². The first kappa shape index (κ1) is 22.0. The molecule has 0 saturated heterocycles. The number of hydrogen-bond acceptors (Lipinski definition) is 5. The summed E-state index contributed by atoms with van der Waals surface area (Å²) in [5.41, 5.74) is 1.93. The monoisotopic (exact) mass is 449 g/mol. The van der Waals surface area contributed by atoms with Crippen LogP contribution in [0.25, 0.3) is 11.4 Å². The maximum absolute atomic E-state index is 14.4. The average molecular weight is 449 g/mol. The van der Waals surface area contributed by atoms with E-state index in [0.29, 0.717) is 28.7 Å². The second-order valence-corrected chi connectivity index (χ2v) is 8.45. The lowest BCUT2D eigenvalue weighted by Gasteiger charge is -2.13. The van der Waals surface area contributed by atoms with Gasteiger partial charge in [-0.15, -0.1) is 0 Å². The molecule has 0 fully saturated rings. The van der Waals surface area contributed by atoms with Crippen molar-refractivity contribution < 1.29 is 13.9 Å². The Hall–Kier alpha value is -4.21. The van der Waals surface area contributed by atoms with Gasteiger partial charge in [-0.3, -0.25) is 20.1 Å². The Bertz CT molecular complexity index is 1280. The van der Waals surface area contributed by atoms with E-state index in [9.17, 15) is 9.18 Å². The van der Waals surface area contributed by atoms with Gasteiger partial charge < -0.3 is 10.1 Å². The number of nitrogens with zero attached hydrogens (tertiary/aromatic N) is 4. The minimum Gasteiger partial charge on any atom is -0.457 e.